The number of hydrogen-bond acceptors (Lipinski definition) is 2. The van der Waals surface area contributed by atoms with Crippen LogP contribution in [0, 0.1) is 11.7 Å². The van der Waals surface area contributed by atoms with Crippen LogP contribution in [0.25, 0.3) is 10.9 Å². The van der Waals surface area contributed by atoms with E-state index in [0.717, 1.165) is 60.7 Å². The Morgan fingerprint density at radius 1 is 1.25 bits per heavy atom. The van der Waals surface area contributed by atoms with Gasteiger partial charge in [0.15, 0.2) is 0 Å². The number of piperidine rings is 1. The van der Waals surface area contributed by atoms with Crippen molar-refractivity contribution in [1.82, 2.24) is 9.88 Å². The number of H-pyrrole nitrogens is 1. The minimum atomic E-state index is -0.618. The quantitative estimate of drug-likeness (QED) is 0.559. The van der Waals surface area contributed by atoms with Crippen molar-refractivity contribution in [2.75, 3.05) is 13.1 Å². The lowest BCUT2D eigenvalue weighted by Gasteiger charge is -2.39. The first-order chi connectivity index (χ1) is 15.5. The zero-order valence-electron chi connectivity index (χ0n) is 18.1. The van der Waals surface area contributed by atoms with Crippen LogP contribution in [0.15, 0.2) is 42.5 Å². The van der Waals surface area contributed by atoms with Gasteiger partial charge in [-0.05, 0) is 61.3 Å². The second-order valence-electron chi connectivity index (χ2n) is 9.09. The van der Waals surface area contributed by atoms with Crippen molar-refractivity contribution in [3.05, 3.63) is 70.7 Å². The highest BCUT2D eigenvalue weighted by Gasteiger charge is 2.36. The lowest BCUT2D eigenvalue weighted by atomic mass is 9.73. The van der Waals surface area contributed by atoms with Crippen molar-refractivity contribution in [2.24, 2.45) is 11.7 Å². The van der Waals surface area contributed by atoms with Crippen LogP contribution in [-0.4, -0.2) is 34.8 Å². The smallest absolute Gasteiger partial charge is 0.250 e. The molecule has 1 aromatic heterocycles. The van der Waals surface area contributed by atoms with Crippen molar-refractivity contribution in [1.29, 1.82) is 0 Å². The van der Waals surface area contributed by atoms with Crippen molar-refractivity contribution in [3.8, 4) is 0 Å². The van der Waals surface area contributed by atoms with Crippen LogP contribution < -0.4 is 5.73 Å². The van der Waals surface area contributed by atoms with Crippen LogP contribution in [0.4, 0.5) is 4.39 Å². The summed E-state index contributed by atoms with van der Waals surface area (Å²) in [5, 5.41) is 0.844. The molecule has 1 aliphatic heterocycles. The Morgan fingerprint density at radius 3 is 2.84 bits per heavy atom. The highest BCUT2D eigenvalue weighted by atomic mass is 19.1. The summed E-state index contributed by atoms with van der Waals surface area (Å²) in [5.74, 6) is -1.11. The van der Waals surface area contributed by atoms with Gasteiger partial charge in [0.2, 0.25) is 5.91 Å². The third-order valence-corrected chi connectivity index (χ3v) is 7.32. The van der Waals surface area contributed by atoms with Gasteiger partial charge < -0.3 is 15.6 Å². The molecule has 5 nitrogen and oxygen atoms in total. The summed E-state index contributed by atoms with van der Waals surface area (Å²) in [6, 6.07) is 1.30. The van der Waals surface area contributed by atoms with E-state index in [4.69, 9.17) is 5.73 Å². The van der Waals surface area contributed by atoms with Crippen LogP contribution in [0.3, 0.4) is 0 Å². The number of carbonyl (C=O) groups is 2. The molecule has 5 rings (SSSR count). The van der Waals surface area contributed by atoms with Gasteiger partial charge in [0.05, 0.1) is 11.1 Å². The summed E-state index contributed by atoms with van der Waals surface area (Å²) >= 11 is 0. The summed E-state index contributed by atoms with van der Waals surface area (Å²) < 4.78 is 15.7. The molecule has 1 aromatic carbocycles. The summed E-state index contributed by atoms with van der Waals surface area (Å²) in [5.41, 5.74) is 10.6. The molecule has 1 unspecified atom stereocenters. The van der Waals surface area contributed by atoms with E-state index < -0.39 is 5.91 Å². The molecular formula is C26H28FN3O2. The number of nitrogens with zero attached hydrogens (tertiary/aromatic N) is 1. The van der Waals surface area contributed by atoms with Gasteiger partial charge in [0.25, 0.3) is 5.91 Å². The number of hydrogen-bond donors (Lipinski definition) is 2. The molecule has 0 spiro atoms. The zero-order chi connectivity index (χ0) is 22.4. The first kappa shape index (κ1) is 20.7. The van der Waals surface area contributed by atoms with E-state index in [1.54, 1.807) is 4.90 Å². The number of aromatic nitrogens is 1. The van der Waals surface area contributed by atoms with E-state index in [2.05, 4.69) is 17.6 Å². The predicted octanol–water partition coefficient (Wildman–Crippen LogP) is 4.29. The molecule has 2 aromatic rings. The predicted molar refractivity (Wildman–Crippen MR) is 123 cm³/mol. The van der Waals surface area contributed by atoms with Gasteiger partial charge in [-0.15, -0.1) is 0 Å². The molecule has 0 saturated carbocycles. The third-order valence-electron chi connectivity index (χ3n) is 7.32. The highest BCUT2D eigenvalue weighted by Crippen LogP contribution is 2.45. The second kappa shape index (κ2) is 8.08. The Morgan fingerprint density at radius 2 is 2.06 bits per heavy atom. The first-order valence-electron chi connectivity index (χ1n) is 11.4. The number of likely N-dealkylation sites (tertiary alicyclic amines) is 1. The maximum atomic E-state index is 15.7. The van der Waals surface area contributed by atoms with Gasteiger partial charge in [-0.25, -0.2) is 4.39 Å². The van der Waals surface area contributed by atoms with E-state index in [0.29, 0.717) is 24.2 Å². The molecule has 1 fully saturated rings. The number of benzene rings is 1. The maximum Gasteiger partial charge on any atom is 0.250 e. The number of nitrogens with one attached hydrogen (secondary N) is 1. The van der Waals surface area contributed by atoms with Crippen LogP contribution in [0.1, 0.15) is 58.8 Å². The molecule has 2 heterocycles. The third kappa shape index (κ3) is 3.29. The lowest BCUT2D eigenvalue weighted by Crippen LogP contribution is -2.41. The van der Waals surface area contributed by atoms with Gasteiger partial charge in [-0.3, -0.25) is 9.59 Å². The van der Waals surface area contributed by atoms with E-state index in [-0.39, 0.29) is 29.1 Å². The number of nitrogens with two attached hydrogens (primary N) is 1. The van der Waals surface area contributed by atoms with Crippen molar-refractivity contribution >= 4 is 22.7 Å². The van der Waals surface area contributed by atoms with Crippen molar-refractivity contribution < 1.29 is 14.0 Å². The molecule has 6 heteroatoms. The molecular weight excluding hydrogens is 405 g/mol. The molecule has 2 amide bonds. The molecule has 32 heavy (non-hydrogen) atoms. The standard InChI is InChI=1S/C26H28FN3O2/c1-2-22(31)30-12-11-16-15(14-30)7-6-9-17(16)23-20(27)13-19(26(28)32)25-24(23)18-8-4-3-5-10-21(18)29-25/h2,6-7,9,13,16-17,29H,1,3-5,8,10-12,14H2,(H2,28,32)/t16?,17-/m1/s1. The monoisotopic (exact) mass is 433 g/mol. The number of fused-ring (bicyclic) bond motifs is 4. The van der Waals surface area contributed by atoms with E-state index in [1.807, 2.05) is 12.2 Å². The molecule has 0 bridgehead atoms. The zero-order valence-corrected chi connectivity index (χ0v) is 18.1. The number of allylic oxidation sites excluding steroid dienone is 3. The van der Waals surface area contributed by atoms with Gasteiger partial charge in [0, 0.05) is 35.7 Å². The molecule has 3 N–H and O–H groups in total. The number of primary amides is 1. The summed E-state index contributed by atoms with van der Waals surface area (Å²) in [6.45, 7) is 4.75. The van der Waals surface area contributed by atoms with Crippen LogP contribution in [0.2, 0.25) is 0 Å². The van der Waals surface area contributed by atoms with Gasteiger partial charge in [0.1, 0.15) is 5.82 Å². The Balaban J connectivity index is 1.65. The number of amides is 2. The molecule has 2 atom stereocenters. The summed E-state index contributed by atoms with van der Waals surface area (Å²) in [7, 11) is 0. The molecule has 0 radical (unpaired) electrons. The lowest BCUT2D eigenvalue weighted by molar-refractivity contribution is -0.126. The minimum absolute atomic E-state index is 0.0780. The molecule has 3 aliphatic rings. The minimum Gasteiger partial charge on any atom is -0.366 e. The van der Waals surface area contributed by atoms with E-state index in [9.17, 15) is 9.59 Å². The van der Waals surface area contributed by atoms with Crippen LogP contribution >= 0.6 is 0 Å². The Kier molecular flexibility index (Phi) is 5.24. The fourth-order valence-corrected chi connectivity index (χ4v) is 5.81. The van der Waals surface area contributed by atoms with Crippen LogP contribution in [0.5, 0.6) is 0 Å². The topological polar surface area (TPSA) is 79.2 Å². The Hall–Kier alpha value is -3.15. The SMILES string of the molecule is C=CC(=O)N1CCC2C(=CC=C[C@H]2c2c(F)cc(C(N)=O)c3[nH]c4c(c23)CCCCC4)C1. The molecule has 166 valence electrons. The second-order valence-corrected chi connectivity index (χ2v) is 9.09. The number of rotatable bonds is 3. The fraction of sp³-hybridized carbons (Fsp3) is 0.385. The Labute approximate surface area is 186 Å². The summed E-state index contributed by atoms with van der Waals surface area (Å²) in [6.07, 6.45) is 13.2. The average molecular weight is 434 g/mol. The average Bonchev–Trinajstić information content (AvgIpc) is 2.98. The van der Waals surface area contributed by atoms with Crippen LogP contribution in [-0.2, 0) is 17.6 Å². The normalized spacial score (nSPS) is 22.7. The maximum absolute atomic E-state index is 15.7. The van der Waals surface area contributed by atoms with Crippen molar-refractivity contribution in [2.45, 2.75) is 44.4 Å². The number of carbonyl (C=O) groups excluding carboxylic acids is 2. The van der Waals surface area contributed by atoms with Gasteiger partial charge in [-0.2, -0.15) is 0 Å². The molecule has 1 saturated heterocycles. The first-order valence-corrected chi connectivity index (χ1v) is 11.4. The van der Waals surface area contributed by atoms with E-state index in [1.165, 1.54) is 12.1 Å². The number of halogens is 1. The fourth-order valence-electron chi connectivity index (χ4n) is 5.81. The van der Waals surface area contributed by atoms with Gasteiger partial charge >= 0.3 is 0 Å². The largest absolute Gasteiger partial charge is 0.366 e. The van der Waals surface area contributed by atoms with Crippen molar-refractivity contribution in [3.63, 3.8) is 0 Å². The highest BCUT2D eigenvalue weighted by molar-refractivity contribution is 6.07. The summed E-state index contributed by atoms with van der Waals surface area (Å²) in [4.78, 5) is 29.5. The van der Waals surface area contributed by atoms with E-state index >= 15 is 4.39 Å². The Bertz CT molecular complexity index is 1190. The number of aromatic amines is 1. The number of aryl methyl sites for hydroxylation is 2. The molecule has 2 aliphatic carbocycles. The van der Waals surface area contributed by atoms with Gasteiger partial charge in [-0.1, -0.05) is 31.2 Å².